The number of nitrogens with zero attached hydrogens (tertiary/aromatic N) is 2. The van der Waals surface area contributed by atoms with Gasteiger partial charge in [-0.05, 0) is 30.5 Å². The number of nitrogens with one attached hydrogen (secondary N) is 1. The number of halogens is 1. The molecule has 1 amide bonds. The Hall–Kier alpha value is -3.08. The molecule has 1 aromatic heterocycles. The Morgan fingerprint density at radius 1 is 1.00 bits per heavy atom. The number of hydrogen-bond donors (Lipinski definition) is 1. The topological polar surface area (TPSA) is 54.9 Å². The second-order valence-corrected chi connectivity index (χ2v) is 6.56. The van der Waals surface area contributed by atoms with Crippen LogP contribution in [0.25, 0.3) is 11.4 Å². The molecule has 0 unspecified atom stereocenters. The second kappa shape index (κ2) is 6.67. The van der Waals surface area contributed by atoms with Crippen LogP contribution in [-0.2, 0) is 10.2 Å². The van der Waals surface area contributed by atoms with E-state index in [0.29, 0.717) is 24.4 Å². The predicted molar refractivity (Wildman–Crippen MR) is 98.0 cm³/mol. The van der Waals surface area contributed by atoms with E-state index in [4.69, 9.17) is 0 Å². The van der Waals surface area contributed by atoms with Crippen molar-refractivity contribution in [2.45, 2.75) is 24.7 Å². The summed E-state index contributed by atoms with van der Waals surface area (Å²) in [5.74, 6) is 0.148. The summed E-state index contributed by atoms with van der Waals surface area (Å²) < 4.78 is 13.6. The van der Waals surface area contributed by atoms with Gasteiger partial charge in [0.1, 0.15) is 5.82 Å². The van der Waals surface area contributed by atoms with E-state index in [1.807, 2.05) is 36.4 Å². The molecule has 2 aromatic carbocycles. The van der Waals surface area contributed by atoms with Crippen LogP contribution in [0, 0.1) is 5.82 Å². The molecule has 4 rings (SSSR count). The van der Waals surface area contributed by atoms with Crippen LogP contribution in [-0.4, -0.2) is 15.9 Å². The fourth-order valence-corrected chi connectivity index (χ4v) is 3.34. The van der Waals surface area contributed by atoms with E-state index in [9.17, 15) is 9.18 Å². The Morgan fingerprint density at radius 3 is 2.35 bits per heavy atom. The van der Waals surface area contributed by atoms with Gasteiger partial charge >= 0.3 is 0 Å². The lowest BCUT2D eigenvalue weighted by Crippen LogP contribution is -2.46. The molecular weight excluding hydrogens is 329 g/mol. The molecule has 1 heterocycles. The van der Waals surface area contributed by atoms with Gasteiger partial charge in [-0.25, -0.2) is 14.4 Å². The number of benzene rings is 2. The lowest BCUT2D eigenvalue weighted by Gasteiger charge is -2.40. The average Bonchev–Trinajstić information content (AvgIpc) is 2.62. The van der Waals surface area contributed by atoms with E-state index >= 15 is 0 Å². The van der Waals surface area contributed by atoms with Gasteiger partial charge in [0.15, 0.2) is 5.82 Å². The third-order valence-electron chi connectivity index (χ3n) is 4.96. The van der Waals surface area contributed by atoms with Gasteiger partial charge in [-0.1, -0.05) is 48.9 Å². The van der Waals surface area contributed by atoms with E-state index in [0.717, 1.165) is 17.5 Å². The monoisotopic (exact) mass is 347 g/mol. The minimum Gasteiger partial charge on any atom is -0.323 e. The zero-order chi connectivity index (χ0) is 18.0. The Morgan fingerprint density at radius 2 is 1.73 bits per heavy atom. The van der Waals surface area contributed by atoms with Gasteiger partial charge in [0.05, 0.1) is 23.5 Å². The van der Waals surface area contributed by atoms with Gasteiger partial charge in [0, 0.05) is 5.56 Å². The van der Waals surface area contributed by atoms with Crippen molar-refractivity contribution in [1.29, 1.82) is 0 Å². The van der Waals surface area contributed by atoms with E-state index in [1.54, 1.807) is 18.5 Å². The first-order valence-corrected chi connectivity index (χ1v) is 8.62. The number of hydrogen-bond acceptors (Lipinski definition) is 3. The molecular formula is C21H18FN3O. The van der Waals surface area contributed by atoms with Gasteiger partial charge in [0.2, 0.25) is 5.91 Å². The number of rotatable bonds is 4. The normalized spacial score (nSPS) is 15.1. The highest BCUT2D eigenvalue weighted by atomic mass is 19.1. The lowest BCUT2D eigenvalue weighted by atomic mass is 9.63. The van der Waals surface area contributed by atoms with Crippen molar-refractivity contribution in [2.24, 2.45) is 0 Å². The number of aromatic nitrogens is 2. The summed E-state index contributed by atoms with van der Waals surface area (Å²) in [6.07, 6.45) is 5.58. The molecule has 0 saturated heterocycles. The van der Waals surface area contributed by atoms with Crippen LogP contribution in [0.5, 0.6) is 0 Å². The third kappa shape index (κ3) is 2.96. The first-order valence-electron chi connectivity index (χ1n) is 8.62. The van der Waals surface area contributed by atoms with E-state index < -0.39 is 5.41 Å². The Labute approximate surface area is 151 Å². The molecule has 1 fully saturated rings. The molecule has 4 nitrogen and oxygen atoms in total. The SMILES string of the molecule is O=C(Nc1cnc(-c2ccccc2)nc1)C1(c2cccc(F)c2)CCC1. The van der Waals surface area contributed by atoms with Crippen molar-refractivity contribution in [3.8, 4) is 11.4 Å². The van der Waals surface area contributed by atoms with Crippen LogP contribution in [0.2, 0.25) is 0 Å². The summed E-state index contributed by atoms with van der Waals surface area (Å²) in [6.45, 7) is 0. The quantitative estimate of drug-likeness (QED) is 0.764. The van der Waals surface area contributed by atoms with Crippen molar-refractivity contribution in [1.82, 2.24) is 9.97 Å². The Bertz CT molecular complexity index is 922. The summed E-state index contributed by atoms with van der Waals surface area (Å²) in [5.41, 5.74) is 1.52. The molecule has 130 valence electrons. The molecule has 1 N–H and O–H groups in total. The number of carbonyl (C=O) groups is 1. The van der Waals surface area contributed by atoms with Crippen molar-refractivity contribution >= 4 is 11.6 Å². The Balaban J connectivity index is 1.54. The lowest BCUT2D eigenvalue weighted by molar-refractivity contribution is -0.124. The number of amides is 1. The molecule has 0 spiro atoms. The van der Waals surface area contributed by atoms with Crippen LogP contribution in [0.1, 0.15) is 24.8 Å². The zero-order valence-corrected chi connectivity index (χ0v) is 14.2. The molecule has 3 aromatic rings. The highest BCUT2D eigenvalue weighted by Crippen LogP contribution is 2.44. The fraction of sp³-hybridized carbons (Fsp3) is 0.190. The smallest absolute Gasteiger partial charge is 0.235 e. The van der Waals surface area contributed by atoms with Crippen LogP contribution in [0.3, 0.4) is 0 Å². The third-order valence-corrected chi connectivity index (χ3v) is 4.96. The minimum atomic E-state index is -0.666. The van der Waals surface area contributed by atoms with E-state index in [2.05, 4.69) is 15.3 Å². The number of anilines is 1. The highest BCUT2D eigenvalue weighted by Gasteiger charge is 2.45. The van der Waals surface area contributed by atoms with Gasteiger partial charge in [-0.3, -0.25) is 4.79 Å². The second-order valence-electron chi connectivity index (χ2n) is 6.56. The van der Waals surface area contributed by atoms with Crippen molar-refractivity contribution in [2.75, 3.05) is 5.32 Å². The summed E-state index contributed by atoms with van der Waals surface area (Å²) in [7, 11) is 0. The van der Waals surface area contributed by atoms with Crippen molar-refractivity contribution < 1.29 is 9.18 Å². The minimum absolute atomic E-state index is 0.134. The summed E-state index contributed by atoms with van der Waals surface area (Å²) >= 11 is 0. The molecule has 1 aliphatic rings. The van der Waals surface area contributed by atoms with Crippen LogP contribution in [0.15, 0.2) is 67.0 Å². The maximum absolute atomic E-state index is 13.6. The van der Waals surface area contributed by atoms with Crippen molar-refractivity contribution in [3.05, 3.63) is 78.4 Å². The molecule has 0 bridgehead atoms. The highest BCUT2D eigenvalue weighted by molar-refractivity contribution is 5.99. The van der Waals surface area contributed by atoms with E-state index in [-0.39, 0.29) is 11.7 Å². The largest absolute Gasteiger partial charge is 0.323 e. The van der Waals surface area contributed by atoms with Gasteiger partial charge in [-0.15, -0.1) is 0 Å². The summed E-state index contributed by atoms with van der Waals surface area (Å²) in [4.78, 5) is 21.6. The molecule has 0 aliphatic heterocycles. The molecule has 26 heavy (non-hydrogen) atoms. The predicted octanol–water partition coefficient (Wildman–Crippen LogP) is 4.34. The Kier molecular flexibility index (Phi) is 4.21. The van der Waals surface area contributed by atoms with Crippen LogP contribution >= 0.6 is 0 Å². The zero-order valence-electron chi connectivity index (χ0n) is 14.2. The first kappa shape index (κ1) is 16.4. The molecule has 1 saturated carbocycles. The van der Waals surface area contributed by atoms with Gasteiger partial charge in [0.25, 0.3) is 0 Å². The van der Waals surface area contributed by atoms with Crippen LogP contribution < -0.4 is 5.32 Å². The van der Waals surface area contributed by atoms with Crippen molar-refractivity contribution in [3.63, 3.8) is 0 Å². The standard InChI is InChI=1S/C21H18FN3O/c22-17-9-4-8-16(12-17)21(10-5-11-21)20(26)25-18-13-23-19(24-14-18)15-6-2-1-3-7-15/h1-4,6-9,12-14H,5,10-11H2,(H,25,26). The maximum Gasteiger partial charge on any atom is 0.235 e. The molecule has 1 aliphatic carbocycles. The molecule has 0 atom stereocenters. The summed E-state index contributed by atoms with van der Waals surface area (Å²) in [6, 6.07) is 16.0. The summed E-state index contributed by atoms with van der Waals surface area (Å²) in [5, 5.41) is 2.89. The maximum atomic E-state index is 13.6. The number of carbonyl (C=O) groups excluding carboxylic acids is 1. The molecule has 0 radical (unpaired) electrons. The molecule has 5 heteroatoms. The van der Waals surface area contributed by atoms with Gasteiger partial charge < -0.3 is 5.32 Å². The average molecular weight is 347 g/mol. The first-order chi connectivity index (χ1) is 12.7. The van der Waals surface area contributed by atoms with E-state index in [1.165, 1.54) is 12.1 Å². The van der Waals surface area contributed by atoms with Gasteiger partial charge in [-0.2, -0.15) is 0 Å². The van der Waals surface area contributed by atoms with Crippen LogP contribution in [0.4, 0.5) is 10.1 Å². The fourth-order valence-electron chi connectivity index (χ4n) is 3.34.